The number of carbonyl (C=O) groups excluding carboxylic acids is 2. The van der Waals surface area contributed by atoms with Gasteiger partial charge in [-0.25, -0.2) is 0 Å². The standard InChI is InChI=1S/C21H25N3O2.ClH/c1-15-18(21(26)23-17-6-3-2-4-7-17)8-5-9-19(15)24-20(25)11-10-16-12-13-22-14-16;/h2-9,16,22H,10-14H2,1H3,(H,23,26)(H,24,25);1H. The molecule has 0 spiro atoms. The summed E-state index contributed by atoms with van der Waals surface area (Å²) in [6, 6.07) is 14.7. The van der Waals surface area contributed by atoms with Crippen LogP contribution in [-0.2, 0) is 4.79 Å². The third kappa shape index (κ3) is 5.81. The Morgan fingerprint density at radius 1 is 1.07 bits per heavy atom. The van der Waals surface area contributed by atoms with Gasteiger partial charge in [-0.1, -0.05) is 24.3 Å². The van der Waals surface area contributed by atoms with Crippen molar-refractivity contribution >= 4 is 35.6 Å². The van der Waals surface area contributed by atoms with E-state index in [1.54, 1.807) is 12.1 Å². The number of hydrogen-bond donors (Lipinski definition) is 3. The summed E-state index contributed by atoms with van der Waals surface area (Å²) in [5.41, 5.74) is 2.78. The fourth-order valence-electron chi connectivity index (χ4n) is 3.25. The summed E-state index contributed by atoms with van der Waals surface area (Å²) < 4.78 is 0. The Balaban J connectivity index is 0.00000261. The van der Waals surface area contributed by atoms with Gasteiger partial charge in [-0.05, 0) is 68.6 Å². The zero-order chi connectivity index (χ0) is 18.4. The van der Waals surface area contributed by atoms with E-state index in [1.165, 1.54) is 0 Å². The van der Waals surface area contributed by atoms with Crippen molar-refractivity contribution in [1.29, 1.82) is 0 Å². The Morgan fingerprint density at radius 3 is 2.56 bits per heavy atom. The highest BCUT2D eigenvalue weighted by Crippen LogP contribution is 2.21. The van der Waals surface area contributed by atoms with Crippen LogP contribution in [0.15, 0.2) is 48.5 Å². The molecule has 1 atom stereocenters. The van der Waals surface area contributed by atoms with E-state index in [0.717, 1.165) is 37.2 Å². The molecule has 3 N–H and O–H groups in total. The molecular formula is C21H26ClN3O2. The highest BCUT2D eigenvalue weighted by molar-refractivity contribution is 6.06. The monoisotopic (exact) mass is 387 g/mol. The predicted octanol–water partition coefficient (Wildman–Crippen LogP) is 4.00. The largest absolute Gasteiger partial charge is 0.326 e. The molecule has 0 bridgehead atoms. The number of para-hydroxylation sites is 1. The van der Waals surface area contributed by atoms with Gasteiger partial charge in [0.15, 0.2) is 0 Å². The summed E-state index contributed by atoms with van der Waals surface area (Å²) >= 11 is 0. The van der Waals surface area contributed by atoms with Gasteiger partial charge in [0.05, 0.1) is 0 Å². The van der Waals surface area contributed by atoms with E-state index in [1.807, 2.05) is 43.3 Å². The summed E-state index contributed by atoms with van der Waals surface area (Å²) in [4.78, 5) is 24.8. The van der Waals surface area contributed by atoms with Crippen molar-refractivity contribution in [3.8, 4) is 0 Å². The smallest absolute Gasteiger partial charge is 0.256 e. The molecule has 3 rings (SSSR count). The van der Waals surface area contributed by atoms with Crippen molar-refractivity contribution in [1.82, 2.24) is 5.32 Å². The summed E-state index contributed by atoms with van der Waals surface area (Å²) in [5.74, 6) is 0.410. The number of halogens is 1. The lowest BCUT2D eigenvalue weighted by atomic mass is 10.0. The van der Waals surface area contributed by atoms with Gasteiger partial charge in [0.1, 0.15) is 0 Å². The van der Waals surface area contributed by atoms with E-state index in [4.69, 9.17) is 0 Å². The number of anilines is 2. The van der Waals surface area contributed by atoms with Crippen LogP contribution in [0.3, 0.4) is 0 Å². The Labute approximate surface area is 166 Å². The van der Waals surface area contributed by atoms with Crippen molar-refractivity contribution < 1.29 is 9.59 Å². The zero-order valence-corrected chi connectivity index (χ0v) is 16.3. The minimum Gasteiger partial charge on any atom is -0.326 e. The predicted molar refractivity (Wildman–Crippen MR) is 112 cm³/mol. The molecule has 27 heavy (non-hydrogen) atoms. The Bertz CT molecular complexity index is 774. The second-order valence-corrected chi connectivity index (χ2v) is 6.74. The van der Waals surface area contributed by atoms with Crippen LogP contribution >= 0.6 is 12.4 Å². The van der Waals surface area contributed by atoms with Gasteiger partial charge in [-0.2, -0.15) is 0 Å². The molecule has 6 heteroatoms. The van der Waals surface area contributed by atoms with E-state index in [0.29, 0.717) is 23.6 Å². The lowest BCUT2D eigenvalue weighted by Gasteiger charge is -2.13. The van der Waals surface area contributed by atoms with Crippen LogP contribution < -0.4 is 16.0 Å². The molecule has 0 aliphatic carbocycles. The van der Waals surface area contributed by atoms with Gasteiger partial charge in [0.25, 0.3) is 5.91 Å². The third-order valence-electron chi connectivity index (χ3n) is 4.83. The van der Waals surface area contributed by atoms with E-state index >= 15 is 0 Å². The van der Waals surface area contributed by atoms with Crippen LogP contribution in [0.25, 0.3) is 0 Å². The maximum atomic E-state index is 12.5. The second kappa shape index (κ2) is 10.1. The molecule has 1 heterocycles. The van der Waals surface area contributed by atoms with Gasteiger partial charge in [-0.15, -0.1) is 12.4 Å². The SMILES string of the molecule is Cc1c(NC(=O)CCC2CCNC2)cccc1C(=O)Nc1ccccc1.Cl. The number of hydrogen-bond acceptors (Lipinski definition) is 3. The molecule has 5 nitrogen and oxygen atoms in total. The molecular weight excluding hydrogens is 362 g/mol. The van der Waals surface area contributed by atoms with Crippen molar-refractivity contribution in [2.24, 2.45) is 5.92 Å². The number of nitrogens with one attached hydrogen (secondary N) is 3. The van der Waals surface area contributed by atoms with Crippen molar-refractivity contribution in [3.05, 3.63) is 59.7 Å². The van der Waals surface area contributed by atoms with Gasteiger partial charge < -0.3 is 16.0 Å². The number of rotatable bonds is 6. The molecule has 2 aromatic carbocycles. The van der Waals surface area contributed by atoms with Gasteiger partial charge in [0.2, 0.25) is 5.91 Å². The van der Waals surface area contributed by atoms with E-state index in [9.17, 15) is 9.59 Å². The molecule has 0 aromatic heterocycles. The molecule has 0 radical (unpaired) electrons. The van der Waals surface area contributed by atoms with Crippen LogP contribution in [0.1, 0.15) is 35.2 Å². The first-order chi connectivity index (χ1) is 12.6. The molecule has 1 aliphatic rings. The van der Waals surface area contributed by atoms with Gasteiger partial charge in [-0.3, -0.25) is 9.59 Å². The normalized spacial score (nSPS) is 15.7. The van der Waals surface area contributed by atoms with E-state index in [2.05, 4.69) is 16.0 Å². The first-order valence-electron chi connectivity index (χ1n) is 9.10. The van der Waals surface area contributed by atoms with Crippen molar-refractivity contribution in [3.63, 3.8) is 0 Å². The van der Waals surface area contributed by atoms with E-state index in [-0.39, 0.29) is 24.2 Å². The lowest BCUT2D eigenvalue weighted by Crippen LogP contribution is -2.17. The molecule has 1 aliphatic heterocycles. The van der Waals surface area contributed by atoms with Crippen molar-refractivity contribution in [2.45, 2.75) is 26.2 Å². The zero-order valence-electron chi connectivity index (χ0n) is 15.5. The first-order valence-corrected chi connectivity index (χ1v) is 9.10. The Kier molecular flexibility index (Phi) is 7.82. The second-order valence-electron chi connectivity index (χ2n) is 6.74. The summed E-state index contributed by atoms with van der Waals surface area (Å²) in [6.07, 6.45) is 2.54. The average molecular weight is 388 g/mol. The van der Waals surface area contributed by atoms with Gasteiger partial charge in [0, 0.05) is 23.4 Å². The minimum atomic E-state index is -0.179. The number of carbonyl (C=O) groups is 2. The average Bonchev–Trinajstić information content (AvgIpc) is 3.16. The maximum absolute atomic E-state index is 12.5. The topological polar surface area (TPSA) is 70.2 Å². The quantitative estimate of drug-likeness (QED) is 0.701. The molecule has 2 amide bonds. The highest BCUT2D eigenvalue weighted by atomic mass is 35.5. The Morgan fingerprint density at radius 2 is 1.85 bits per heavy atom. The Hall–Kier alpha value is -2.37. The third-order valence-corrected chi connectivity index (χ3v) is 4.83. The maximum Gasteiger partial charge on any atom is 0.256 e. The molecule has 1 saturated heterocycles. The molecule has 0 saturated carbocycles. The fraction of sp³-hybridized carbons (Fsp3) is 0.333. The molecule has 2 aromatic rings. The van der Waals surface area contributed by atoms with Crippen molar-refractivity contribution in [2.75, 3.05) is 23.7 Å². The lowest BCUT2D eigenvalue weighted by molar-refractivity contribution is -0.116. The summed E-state index contributed by atoms with van der Waals surface area (Å²) in [6.45, 7) is 3.90. The molecule has 1 fully saturated rings. The number of amides is 2. The van der Waals surface area contributed by atoms with Crippen LogP contribution in [0, 0.1) is 12.8 Å². The van der Waals surface area contributed by atoms with Crippen LogP contribution in [0.5, 0.6) is 0 Å². The first kappa shape index (κ1) is 20.9. The summed E-state index contributed by atoms with van der Waals surface area (Å²) in [7, 11) is 0. The number of benzene rings is 2. The highest BCUT2D eigenvalue weighted by Gasteiger charge is 2.17. The van der Waals surface area contributed by atoms with Crippen LogP contribution in [0.4, 0.5) is 11.4 Å². The summed E-state index contributed by atoms with van der Waals surface area (Å²) in [5, 5.41) is 9.16. The van der Waals surface area contributed by atoms with Crippen LogP contribution in [0.2, 0.25) is 0 Å². The van der Waals surface area contributed by atoms with Crippen LogP contribution in [-0.4, -0.2) is 24.9 Å². The van der Waals surface area contributed by atoms with Gasteiger partial charge >= 0.3 is 0 Å². The molecule has 1 unspecified atom stereocenters. The minimum absolute atomic E-state index is 0. The van der Waals surface area contributed by atoms with E-state index < -0.39 is 0 Å². The fourth-order valence-corrected chi connectivity index (χ4v) is 3.25. The molecule has 144 valence electrons.